The number of carbonyl (C=O) groups excluding carboxylic acids is 1. The average molecular weight is 332 g/mol. The summed E-state index contributed by atoms with van der Waals surface area (Å²) in [4.78, 5) is 15.8. The Bertz CT molecular complexity index is 520. The van der Waals surface area contributed by atoms with Gasteiger partial charge in [-0.05, 0) is 43.7 Å². The predicted octanol–water partition coefficient (Wildman–Crippen LogP) is 0.672. The van der Waals surface area contributed by atoms with Crippen LogP contribution in [-0.4, -0.2) is 63.2 Å². The molecule has 3 N–H and O–H groups in total. The van der Waals surface area contributed by atoms with Crippen molar-refractivity contribution in [2.45, 2.75) is 12.8 Å². The summed E-state index contributed by atoms with van der Waals surface area (Å²) in [5, 5.41) is 3.42. The quantitative estimate of drug-likeness (QED) is 0.829. The number of piperidine rings is 1. The van der Waals surface area contributed by atoms with Crippen LogP contribution < -0.4 is 20.7 Å². The molecule has 6 heteroatoms. The van der Waals surface area contributed by atoms with Gasteiger partial charge in [0.2, 0.25) is 5.91 Å². The lowest BCUT2D eigenvalue weighted by molar-refractivity contribution is -0.129. The molecule has 0 bridgehead atoms. The smallest absolute Gasteiger partial charge is 0.236 e. The van der Waals surface area contributed by atoms with E-state index in [2.05, 4.69) is 22.3 Å². The largest absolute Gasteiger partial charge is 0.493 e. The topological polar surface area (TPSA) is 70.8 Å². The number of carbonyl (C=O) groups is 1. The van der Waals surface area contributed by atoms with Gasteiger partial charge in [0.1, 0.15) is 5.75 Å². The zero-order valence-corrected chi connectivity index (χ0v) is 14.2. The zero-order chi connectivity index (χ0) is 16.8. The fourth-order valence-corrected chi connectivity index (χ4v) is 3.38. The van der Waals surface area contributed by atoms with E-state index in [1.165, 1.54) is 18.5 Å². The van der Waals surface area contributed by atoms with E-state index < -0.39 is 0 Å². The molecule has 0 radical (unpaired) electrons. The lowest BCUT2D eigenvalue weighted by Crippen LogP contribution is -2.50. The highest BCUT2D eigenvalue weighted by Gasteiger charge is 2.20. The van der Waals surface area contributed by atoms with Gasteiger partial charge in [-0.3, -0.25) is 4.79 Å². The van der Waals surface area contributed by atoms with Crippen molar-refractivity contribution in [3.05, 3.63) is 24.3 Å². The van der Waals surface area contributed by atoms with Crippen LogP contribution in [0.15, 0.2) is 24.3 Å². The molecule has 24 heavy (non-hydrogen) atoms. The number of nitrogens with zero attached hydrogens (tertiary/aromatic N) is 2. The number of hydrogen-bond acceptors (Lipinski definition) is 5. The number of benzene rings is 1. The molecule has 1 aromatic carbocycles. The maximum Gasteiger partial charge on any atom is 0.236 e. The second kappa shape index (κ2) is 8.35. The van der Waals surface area contributed by atoms with E-state index in [1.54, 1.807) is 0 Å². The first-order chi connectivity index (χ1) is 11.8. The van der Waals surface area contributed by atoms with Crippen LogP contribution in [0.25, 0.3) is 0 Å². The third-order valence-corrected chi connectivity index (χ3v) is 4.89. The fraction of sp³-hybridized carbons (Fsp3) is 0.611. The molecule has 1 aromatic rings. The molecule has 0 aliphatic carbocycles. The van der Waals surface area contributed by atoms with Crippen LogP contribution in [0.3, 0.4) is 0 Å². The number of piperazine rings is 1. The molecule has 3 rings (SSSR count). The third kappa shape index (κ3) is 4.39. The highest BCUT2D eigenvalue weighted by atomic mass is 16.5. The summed E-state index contributed by atoms with van der Waals surface area (Å²) < 4.78 is 5.93. The van der Waals surface area contributed by atoms with Crippen molar-refractivity contribution in [2.24, 2.45) is 11.7 Å². The Morgan fingerprint density at radius 3 is 2.58 bits per heavy atom. The summed E-state index contributed by atoms with van der Waals surface area (Å²) in [6.45, 7) is 6.25. The molecule has 0 spiro atoms. The second-order valence-electron chi connectivity index (χ2n) is 6.59. The first-order valence-electron chi connectivity index (χ1n) is 8.92. The van der Waals surface area contributed by atoms with Crippen LogP contribution in [0.2, 0.25) is 0 Å². The summed E-state index contributed by atoms with van der Waals surface area (Å²) in [6, 6.07) is 8.30. The minimum absolute atomic E-state index is 0.0376. The van der Waals surface area contributed by atoms with Crippen molar-refractivity contribution >= 4 is 11.6 Å². The Morgan fingerprint density at radius 1 is 1.21 bits per heavy atom. The summed E-state index contributed by atoms with van der Waals surface area (Å²) in [6.07, 6.45) is 2.49. The normalized spacial score (nSPS) is 21.6. The van der Waals surface area contributed by atoms with Gasteiger partial charge in [-0.15, -0.1) is 0 Å². The van der Waals surface area contributed by atoms with E-state index in [4.69, 9.17) is 10.5 Å². The van der Waals surface area contributed by atoms with E-state index in [0.717, 1.165) is 51.6 Å². The van der Waals surface area contributed by atoms with Gasteiger partial charge in [0.25, 0.3) is 0 Å². The summed E-state index contributed by atoms with van der Waals surface area (Å²) in [7, 11) is 0. The highest BCUT2D eigenvalue weighted by molar-refractivity contribution is 5.78. The fourth-order valence-electron chi connectivity index (χ4n) is 3.38. The Hall–Kier alpha value is -1.79. The summed E-state index contributed by atoms with van der Waals surface area (Å²) in [5.41, 5.74) is 6.61. The van der Waals surface area contributed by atoms with Crippen molar-refractivity contribution in [3.8, 4) is 5.75 Å². The Labute approximate surface area is 143 Å². The minimum atomic E-state index is 0.0376. The molecular formula is C18H28N4O2. The number of nitrogens with one attached hydrogen (secondary N) is 1. The van der Waals surface area contributed by atoms with Gasteiger partial charge in [-0.1, -0.05) is 0 Å². The van der Waals surface area contributed by atoms with Crippen LogP contribution in [0.4, 0.5) is 5.69 Å². The zero-order valence-electron chi connectivity index (χ0n) is 14.2. The molecule has 6 nitrogen and oxygen atoms in total. The number of nitrogens with two attached hydrogens (primary N) is 1. The van der Waals surface area contributed by atoms with Gasteiger partial charge in [0.15, 0.2) is 0 Å². The van der Waals surface area contributed by atoms with Crippen molar-refractivity contribution in [3.63, 3.8) is 0 Å². The molecule has 1 amide bonds. The Morgan fingerprint density at radius 2 is 1.96 bits per heavy atom. The second-order valence-corrected chi connectivity index (χ2v) is 6.59. The first kappa shape index (κ1) is 17.0. The van der Waals surface area contributed by atoms with Gasteiger partial charge >= 0.3 is 0 Å². The molecule has 1 unspecified atom stereocenters. The summed E-state index contributed by atoms with van der Waals surface area (Å²) in [5.74, 6) is 1.59. The van der Waals surface area contributed by atoms with E-state index in [9.17, 15) is 4.79 Å². The third-order valence-electron chi connectivity index (χ3n) is 4.89. The molecule has 2 aliphatic rings. The number of amides is 1. The maximum atomic E-state index is 11.6. The van der Waals surface area contributed by atoms with Crippen molar-refractivity contribution in [2.75, 3.05) is 57.3 Å². The molecule has 0 saturated carbocycles. The summed E-state index contributed by atoms with van der Waals surface area (Å²) >= 11 is 0. The molecule has 132 valence electrons. The van der Waals surface area contributed by atoms with Crippen LogP contribution in [0.5, 0.6) is 5.75 Å². The molecule has 2 fully saturated rings. The van der Waals surface area contributed by atoms with Crippen molar-refractivity contribution < 1.29 is 9.53 Å². The number of ether oxygens (including phenoxy) is 1. The highest BCUT2D eigenvalue weighted by Crippen LogP contribution is 2.22. The SMILES string of the molecule is NCC(=O)N1CCN(c2ccc(OCC3CCCNC3)cc2)CC1. The standard InChI is InChI=1S/C18H28N4O2/c19-12-18(23)22-10-8-21(9-11-22)16-3-5-17(6-4-16)24-14-15-2-1-7-20-13-15/h3-6,15,20H,1-2,7-14,19H2. The predicted molar refractivity (Wildman–Crippen MR) is 95.4 cm³/mol. The Kier molecular flexibility index (Phi) is 5.93. The van der Waals surface area contributed by atoms with Gasteiger partial charge in [0, 0.05) is 44.3 Å². The monoisotopic (exact) mass is 332 g/mol. The maximum absolute atomic E-state index is 11.6. The van der Waals surface area contributed by atoms with Gasteiger partial charge in [-0.25, -0.2) is 0 Å². The lowest BCUT2D eigenvalue weighted by atomic mass is 10.0. The minimum Gasteiger partial charge on any atom is -0.493 e. The molecule has 0 aromatic heterocycles. The number of hydrogen-bond donors (Lipinski definition) is 2. The number of rotatable bonds is 5. The van der Waals surface area contributed by atoms with Gasteiger partial charge < -0.3 is 25.6 Å². The van der Waals surface area contributed by atoms with Crippen LogP contribution in [0.1, 0.15) is 12.8 Å². The molecule has 1 atom stereocenters. The van der Waals surface area contributed by atoms with Gasteiger partial charge in [0.05, 0.1) is 13.2 Å². The first-order valence-corrected chi connectivity index (χ1v) is 8.92. The van der Waals surface area contributed by atoms with E-state index in [0.29, 0.717) is 5.92 Å². The van der Waals surface area contributed by atoms with Crippen LogP contribution >= 0.6 is 0 Å². The number of anilines is 1. The van der Waals surface area contributed by atoms with E-state index in [1.807, 2.05) is 17.0 Å². The molecular weight excluding hydrogens is 304 g/mol. The lowest BCUT2D eigenvalue weighted by Gasteiger charge is -2.36. The van der Waals surface area contributed by atoms with Gasteiger partial charge in [-0.2, -0.15) is 0 Å². The van der Waals surface area contributed by atoms with E-state index >= 15 is 0 Å². The Balaban J connectivity index is 1.47. The van der Waals surface area contributed by atoms with Crippen LogP contribution in [0, 0.1) is 5.92 Å². The van der Waals surface area contributed by atoms with E-state index in [-0.39, 0.29) is 12.5 Å². The molecule has 2 saturated heterocycles. The molecule has 2 aliphatic heterocycles. The average Bonchev–Trinajstić information content (AvgIpc) is 2.67. The van der Waals surface area contributed by atoms with Crippen molar-refractivity contribution in [1.29, 1.82) is 0 Å². The molecule has 2 heterocycles. The van der Waals surface area contributed by atoms with Crippen molar-refractivity contribution in [1.82, 2.24) is 10.2 Å². The van der Waals surface area contributed by atoms with Crippen LogP contribution in [-0.2, 0) is 4.79 Å².